The Kier molecular flexibility index (Phi) is 3.99. The van der Waals surface area contributed by atoms with Gasteiger partial charge in [0.25, 0.3) is 0 Å². The van der Waals surface area contributed by atoms with Crippen LogP contribution in [0.5, 0.6) is 0 Å². The molecule has 0 heterocycles. The molecule has 0 aliphatic heterocycles. The van der Waals surface area contributed by atoms with Crippen LogP contribution in [0.1, 0.15) is 27.0 Å². The SMILES string of the molecule is Cc1ccc(Br)cc1C(=O)c1cccc(C(F)(F)F)c1. The lowest BCUT2D eigenvalue weighted by atomic mass is 9.98. The molecule has 2 rings (SSSR count). The third kappa shape index (κ3) is 3.10. The Labute approximate surface area is 122 Å². The predicted molar refractivity (Wildman–Crippen MR) is 73.8 cm³/mol. The molecule has 0 saturated heterocycles. The highest BCUT2D eigenvalue weighted by molar-refractivity contribution is 9.10. The number of carbonyl (C=O) groups excluding carboxylic acids is 1. The Morgan fingerprint density at radius 3 is 2.45 bits per heavy atom. The molecule has 0 saturated carbocycles. The van der Waals surface area contributed by atoms with Gasteiger partial charge in [0.05, 0.1) is 5.56 Å². The van der Waals surface area contributed by atoms with Crippen LogP contribution in [-0.2, 0) is 6.18 Å². The van der Waals surface area contributed by atoms with E-state index >= 15 is 0 Å². The molecule has 0 aliphatic carbocycles. The Bertz CT molecular complexity index is 662. The van der Waals surface area contributed by atoms with Gasteiger partial charge in [-0.2, -0.15) is 13.2 Å². The molecule has 0 fully saturated rings. The Balaban J connectivity index is 2.46. The van der Waals surface area contributed by atoms with Gasteiger partial charge in [-0.15, -0.1) is 0 Å². The molecule has 0 aliphatic rings. The molecule has 0 N–H and O–H groups in total. The number of aryl methyl sites for hydroxylation is 1. The number of alkyl halides is 3. The second-order valence-corrected chi connectivity index (χ2v) is 5.28. The van der Waals surface area contributed by atoms with Gasteiger partial charge in [0.2, 0.25) is 0 Å². The Morgan fingerprint density at radius 2 is 1.80 bits per heavy atom. The average Bonchev–Trinajstić information content (AvgIpc) is 2.40. The minimum atomic E-state index is -4.46. The van der Waals surface area contributed by atoms with Gasteiger partial charge in [0.1, 0.15) is 0 Å². The molecular formula is C15H10BrF3O. The van der Waals surface area contributed by atoms with Crippen molar-refractivity contribution in [2.24, 2.45) is 0 Å². The number of benzene rings is 2. The second kappa shape index (κ2) is 5.40. The van der Waals surface area contributed by atoms with Crippen LogP contribution < -0.4 is 0 Å². The van der Waals surface area contributed by atoms with Gasteiger partial charge in [-0.05, 0) is 36.8 Å². The molecule has 104 valence electrons. The Hall–Kier alpha value is -1.62. The molecule has 1 nitrogen and oxygen atoms in total. The number of halogens is 4. The van der Waals surface area contributed by atoms with Gasteiger partial charge < -0.3 is 0 Å². The molecule has 0 radical (unpaired) electrons. The van der Waals surface area contributed by atoms with E-state index < -0.39 is 17.5 Å². The second-order valence-electron chi connectivity index (χ2n) is 4.37. The lowest BCUT2D eigenvalue weighted by Crippen LogP contribution is -2.09. The number of hydrogen-bond donors (Lipinski definition) is 0. The summed E-state index contributed by atoms with van der Waals surface area (Å²) >= 11 is 3.25. The summed E-state index contributed by atoms with van der Waals surface area (Å²) in [6, 6.07) is 9.58. The molecule has 0 aromatic heterocycles. The van der Waals surface area contributed by atoms with Crippen LogP contribution in [0.2, 0.25) is 0 Å². The van der Waals surface area contributed by atoms with Crippen LogP contribution in [0.25, 0.3) is 0 Å². The maximum atomic E-state index is 12.7. The van der Waals surface area contributed by atoms with E-state index in [4.69, 9.17) is 0 Å². The van der Waals surface area contributed by atoms with Crippen LogP contribution in [0.3, 0.4) is 0 Å². The van der Waals surface area contributed by atoms with Gasteiger partial charge >= 0.3 is 6.18 Å². The fraction of sp³-hybridized carbons (Fsp3) is 0.133. The lowest BCUT2D eigenvalue weighted by Gasteiger charge is -2.09. The zero-order chi connectivity index (χ0) is 14.9. The summed E-state index contributed by atoms with van der Waals surface area (Å²) in [5, 5.41) is 0. The highest BCUT2D eigenvalue weighted by atomic mass is 79.9. The number of hydrogen-bond acceptors (Lipinski definition) is 1. The molecule has 0 atom stereocenters. The normalized spacial score (nSPS) is 11.4. The van der Waals surface area contributed by atoms with E-state index in [-0.39, 0.29) is 5.56 Å². The van der Waals surface area contributed by atoms with Crippen molar-refractivity contribution in [1.29, 1.82) is 0 Å². The lowest BCUT2D eigenvalue weighted by molar-refractivity contribution is -0.137. The molecular weight excluding hydrogens is 333 g/mol. The van der Waals surface area contributed by atoms with Crippen molar-refractivity contribution < 1.29 is 18.0 Å². The van der Waals surface area contributed by atoms with E-state index in [1.807, 2.05) is 0 Å². The largest absolute Gasteiger partial charge is 0.416 e. The quantitative estimate of drug-likeness (QED) is 0.701. The third-order valence-electron chi connectivity index (χ3n) is 2.90. The van der Waals surface area contributed by atoms with Crippen molar-refractivity contribution in [2.75, 3.05) is 0 Å². The molecule has 0 bridgehead atoms. The molecule has 0 spiro atoms. The van der Waals surface area contributed by atoms with Crippen LogP contribution >= 0.6 is 15.9 Å². The highest BCUT2D eigenvalue weighted by Crippen LogP contribution is 2.30. The maximum absolute atomic E-state index is 12.7. The molecule has 0 unspecified atom stereocenters. The molecule has 0 amide bonds. The van der Waals surface area contributed by atoms with E-state index in [9.17, 15) is 18.0 Å². The number of carbonyl (C=O) groups is 1. The summed E-state index contributed by atoms with van der Waals surface area (Å²) in [5.41, 5.74) is 0.311. The van der Waals surface area contributed by atoms with Crippen molar-refractivity contribution in [3.63, 3.8) is 0 Å². The fourth-order valence-corrected chi connectivity index (χ4v) is 2.19. The standard InChI is InChI=1S/C15H10BrF3O/c1-9-5-6-12(16)8-13(9)14(20)10-3-2-4-11(7-10)15(17,18)19/h2-8H,1H3. The van der Waals surface area contributed by atoms with Crippen molar-refractivity contribution in [2.45, 2.75) is 13.1 Å². The summed E-state index contributed by atoms with van der Waals surface area (Å²) in [7, 11) is 0. The monoisotopic (exact) mass is 342 g/mol. The summed E-state index contributed by atoms with van der Waals surface area (Å²) in [6.07, 6.45) is -4.46. The van der Waals surface area contributed by atoms with E-state index in [1.165, 1.54) is 12.1 Å². The van der Waals surface area contributed by atoms with Gasteiger partial charge in [-0.25, -0.2) is 0 Å². The van der Waals surface area contributed by atoms with E-state index in [1.54, 1.807) is 25.1 Å². The zero-order valence-electron chi connectivity index (χ0n) is 10.5. The summed E-state index contributed by atoms with van der Waals surface area (Å²) in [6.45, 7) is 1.74. The average molecular weight is 343 g/mol. The minimum absolute atomic E-state index is 0.0287. The summed E-state index contributed by atoms with van der Waals surface area (Å²) in [5.74, 6) is -0.421. The van der Waals surface area contributed by atoms with Crippen molar-refractivity contribution >= 4 is 21.7 Å². The van der Waals surface area contributed by atoms with Crippen molar-refractivity contribution in [1.82, 2.24) is 0 Å². The molecule has 5 heteroatoms. The third-order valence-corrected chi connectivity index (χ3v) is 3.39. The van der Waals surface area contributed by atoms with Crippen LogP contribution in [0, 0.1) is 6.92 Å². The fourth-order valence-electron chi connectivity index (χ4n) is 1.83. The van der Waals surface area contributed by atoms with Gasteiger partial charge in [-0.1, -0.05) is 34.1 Å². The number of ketones is 1. The summed E-state index contributed by atoms with van der Waals surface area (Å²) < 4.78 is 38.7. The van der Waals surface area contributed by atoms with Crippen molar-refractivity contribution in [3.8, 4) is 0 Å². The summed E-state index contributed by atoms with van der Waals surface area (Å²) in [4.78, 5) is 12.3. The first-order valence-electron chi connectivity index (χ1n) is 5.77. The first-order valence-corrected chi connectivity index (χ1v) is 6.56. The molecule has 20 heavy (non-hydrogen) atoms. The van der Waals surface area contributed by atoms with Crippen molar-refractivity contribution in [3.05, 3.63) is 69.2 Å². The van der Waals surface area contributed by atoms with E-state index in [0.29, 0.717) is 10.0 Å². The Morgan fingerprint density at radius 1 is 1.10 bits per heavy atom. The van der Waals surface area contributed by atoms with E-state index in [2.05, 4.69) is 15.9 Å². The maximum Gasteiger partial charge on any atom is 0.416 e. The van der Waals surface area contributed by atoms with Crippen LogP contribution in [0.4, 0.5) is 13.2 Å². The first-order chi connectivity index (χ1) is 9.29. The van der Waals surface area contributed by atoms with Crippen LogP contribution in [-0.4, -0.2) is 5.78 Å². The number of rotatable bonds is 2. The topological polar surface area (TPSA) is 17.1 Å². The minimum Gasteiger partial charge on any atom is -0.289 e. The first kappa shape index (κ1) is 14.8. The smallest absolute Gasteiger partial charge is 0.289 e. The van der Waals surface area contributed by atoms with E-state index in [0.717, 1.165) is 17.7 Å². The molecule has 2 aromatic carbocycles. The molecule has 2 aromatic rings. The van der Waals surface area contributed by atoms with Crippen LogP contribution in [0.15, 0.2) is 46.9 Å². The van der Waals surface area contributed by atoms with Gasteiger partial charge in [0, 0.05) is 15.6 Å². The predicted octanol–water partition coefficient (Wildman–Crippen LogP) is 5.01. The zero-order valence-corrected chi connectivity index (χ0v) is 12.0. The highest BCUT2D eigenvalue weighted by Gasteiger charge is 2.31. The van der Waals surface area contributed by atoms with Gasteiger partial charge in [0.15, 0.2) is 5.78 Å². The van der Waals surface area contributed by atoms with Gasteiger partial charge in [-0.3, -0.25) is 4.79 Å².